The Morgan fingerprint density at radius 1 is 1.36 bits per heavy atom. The Balaban J connectivity index is 1.55. The Kier molecular flexibility index (Phi) is 4.30. The molecule has 0 atom stereocenters. The number of hydrogen-bond donors (Lipinski definition) is 1. The van der Waals surface area contributed by atoms with Gasteiger partial charge in [-0.1, -0.05) is 0 Å². The second-order valence-corrected chi connectivity index (χ2v) is 6.00. The molecule has 0 aromatic carbocycles. The summed E-state index contributed by atoms with van der Waals surface area (Å²) >= 11 is 1.43. The van der Waals surface area contributed by atoms with Gasteiger partial charge in [0.05, 0.1) is 5.56 Å². The van der Waals surface area contributed by atoms with E-state index in [9.17, 15) is 4.79 Å². The molecule has 1 aliphatic heterocycles. The first-order valence-corrected chi connectivity index (χ1v) is 7.95. The minimum Gasteiger partial charge on any atom is -0.357 e. The van der Waals surface area contributed by atoms with Gasteiger partial charge in [0.15, 0.2) is 5.13 Å². The Bertz CT molecular complexity index is 669. The number of nitrogens with one attached hydrogen (secondary N) is 1. The lowest BCUT2D eigenvalue weighted by Crippen LogP contribution is -2.38. The number of nitrogens with zero attached hydrogens (tertiary/aromatic N) is 4. The predicted molar refractivity (Wildman–Crippen MR) is 84.6 cm³/mol. The standard InChI is InChI=1S/C15H15N5OS/c16-9-11-1-2-13(18-10-11)20-6-3-12(4-7-20)14(21)19-15-17-5-8-22-15/h1-2,5,8,10,12H,3-4,6-7H2,(H,17,19,21). The highest BCUT2D eigenvalue weighted by Gasteiger charge is 2.26. The second kappa shape index (κ2) is 6.54. The molecule has 3 rings (SSSR count). The fourth-order valence-electron chi connectivity index (χ4n) is 2.50. The van der Waals surface area contributed by atoms with Gasteiger partial charge in [0.25, 0.3) is 0 Å². The minimum atomic E-state index is 0.0125. The minimum absolute atomic E-state index is 0.0125. The number of nitriles is 1. The van der Waals surface area contributed by atoms with E-state index < -0.39 is 0 Å². The normalized spacial score (nSPS) is 15.3. The molecule has 1 fully saturated rings. The van der Waals surface area contributed by atoms with Crippen molar-refractivity contribution >= 4 is 28.2 Å². The smallest absolute Gasteiger partial charge is 0.229 e. The zero-order chi connectivity index (χ0) is 15.4. The fraction of sp³-hybridized carbons (Fsp3) is 0.333. The number of pyridine rings is 1. The van der Waals surface area contributed by atoms with Gasteiger partial charge in [0.1, 0.15) is 11.9 Å². The summed E-state index contributed by atoms with van der Waals surface area (Å²) in [6, 6.07) is 5.68. The van der Waals surface area contributed by atoms with Gasteiger partial charge in [0.2, 0.25) is 5.91 Å². The Morgan fingerprint density at radius 2 is 2.18 bits per heavy atom. The van der Waals surface area contributed by atoms with Crippen molar-refractivity contribution in [3.8, 4) is 6.07 Å². The molecular weight excluding hydrogens is 298 g/mol. The van der Waals surface area contributed by atoms with E-state index >= 15 is 0 Å². The molecule has 22 heavy (non-hydrogen) atoms. The van der Waals surface area contributed by atoms with Crippen LogP contribution in [0.4, 0.5) is 10.9 Å². The zero-order valence-electron chi connectivity index (χ0n) is 11.9. The van der Waals surface area contributed by atoms with Crippen molar-refractivity contribution in [2.45, 2.75) is 12.8 Å². The molecule has 2 aromatic heterocycles. The first kappa shape index (κ1) is 14.5. The lowest BCUT2D eigenvalue weighted by molar-refractivity contribution is -0.120. The van der Waals surface area contributed by atoms with Gasteiger partial charge in [-0.25, -0.2) is 9.97 Å². The highest BCUT2D eigenvalue weighted by atomic mass is 32.1. The van der Waals surface area contributed by atoms with Crippen molar-refractivity contribution in [3.05, 3.63) is 35.5 Å². The summed E-state index contributed by atoms with van der Waals surface area (Å²) in [6.45, 7) is 1.57. The van der Waals surface area contributed by atoms with Gasteiger partial charge < -0.3 is 10.2 Å². The molecule has 1 aliphatic rings. The molecule has 0 saturated carbocycles. The van der Waals surface area contributed by atoms with Crippen molar-refractivity contribution in [1.29, 1.82) is 5.26 Å². The van der Waals surface area contributed by atoms with Gasteiger partial charge in [-0.05, 0) is 25.0 Å². The van der Waals surface area contributed by atoms with Crippen molar-refractivity contribution < 1.29 is 4.79 Å². The molecular formula is C15H15N5OS. The molecule has 3 heterocycles. The van der Waals surface area contributed by atoms with Crippen molar-refractivity contribution in [3.63, 3.8) is 0 Å². The van der Waals surface area contributed by atoms with Crippen molar-refractivity contribution in [1.82, 2.24) is 9.97 Å². The predicted octanol–water partition coefficient (Wildman–Crippen LogP) is 2.26. The van der Waals surface area contributed by atoms with E-state index in [1.165, 1.54) is 11.3 Å². The van der Waals surface area contributed by atoms with E-state index in [1.807, 2.05) is 11.4 Å². The summed E-state index contributed by atoms with van der Waals surface area (Å²) in [7, 11) is 0. The third kappa shape index (κ3) is 3.23. The first-order valence-electron chi connectivity index (χ1n) is 7.08. The van der Waals surface area contributed by atoms with Crippen LogP contribution in [-0.2, 0) is 4.79 Å². The lowest BCUT2D eigenvalue weighted by Gasteiger charge is -2.31. The van der Waals surface area contributed by atoms with E-state index in [2.05, 4.69) is 26.3 Å². The molecule has 0 aliphatic carbocycles. The molecule has 112 valence electrons. The van der Waals surface area contributed by atoms with Crippen molar-refractivity contribution in [2.75, 3.05) is 23.3 Å². The highest BCUT2D eigenvalue weighted by molar-refractivity contribution is 7.13. The molecule has 2 aromatic rings. The third-order valence-electron chi connectivity index (χ3n) is 3.73. The summed E-state index contributed by atoms with van der Waals surface area (Å²) in [5, 5.41) is 14.1. The number of hydrogen-bond acceptors (Lipinski definition) is 6. The van der Waals surface area contributed by atoms with E-state index in [0.29, 0.717) is 10.7 Å². The van der Waals surface area contributed by atoms with Crippen LogP contribution in [0.1, 0.15) is 18.4 Å². The molecule has 0 bridgehead atoms. The maximum Gasteiger partial charge on any atom is 0.229 e. The largest absolute Gasteiger partial charge is 0.357 e. The van der Waals surface area contributed by atoms with E-state index in [4.69, 9.17) is 5.26 Å². The monoisotopic (exact) mass is 313 g/mol. The summed E-state index contributed by atoms with van der Waals surface area (Å²) in [5.74, 6) is 0.915. The number of carbonyl (C=O) groups is 1. The van der Waals surface area contributed by atoms with Gasteiger partial charge >= 0.3 is 0 Å². The first-order chi connectivity index (χ1) is 10.8. The molecule has 0 spiro atoms. The van der Waals surface area contributed by atoms with Crippen LogP contribution in [-0.4, -0.2) is 29.0 Å². The summed E-state index contributed by atoms with van der Waals surface area (Å²) in [4.78, 5) is 22.7. The van der Waals surface area contributed by atoms with E-state index in [0.717, 1.165) is 31.7 Å². The van der Waals surface area contributed by atoms with Crippen LogP contribution in [0.2, 0.25) is 0 Å². The molecule has 1 N–H and O–H groups in total. The number of aromatic nitrogens is 2. The maximum absolute atomic E-state index is 12.2. The average Bonchev–Trinajstić information content (AvgIpc) is 3.08. The van der Waals surface area contributed by atoms with Crippen LogP contribution in [0.15, 0.2) is 29.9 Å². The summed E-state index contributed by atoms with van der Waals surface area (Å²) in [5.41, 5.74) is 0.557. The summed E-state index contributed by atoms with van der Waals surface area (Å²) in [6.07, 6.45) is 4.84. The van der Waals surface area contributed by atoms with Gasteiger partial charge in [-0.15, -0.1) is 11.3 Å². The Labute approximate surface area is 132 Å². The van der Waals surface area contributed by atoms with Crippen LogP contribution in [0.5, 0.6) is 0 Å². The number of anilines is 2. The van der Waals surface area contributed by atoms with Gasteiger partial charge in [-0.3, -0.25) is 4.79 Å². The molecule has 1 amide bonds. The molecule has 0 unspecified atom stereocenters. The van der Waals surface area contributed by atoms with Crippen LogP contribution in [0.25, 0.3) is 0 Å². The molecule has 1 saturated heterocycles. The number of carbonyl (C=O) groups excluding carboxylic acids is 1. The van der Waals surface area contributed by atoms with Crippen LogP contribution >= 0.6 is 11.3 Å². The van der Waals surface area contributed by atoms with Crippen LogP contribution in [0, 0.1) is 17.2 Å². The topological polar surface area (TPSA) is 81.9 Å². The third-order valence-corrected chi connectivity index (χ3v) is 4.42. The second-order valence-electron chi connectivity index (χ2n) is 5.10. The van der Waals surface area contributed by atoms with Crippen LogP contribution < -0.4 is 10.2 Å². The number of amides is 1. The Hall–Kier alpha value is -2.46. The van der Waals surface area contributed by atoms with E-state index in [1.54, 1.807) is 18.5 Å². The van der Waals surface area contributed by atoms with E-state index in [-0.39, 0.29) is 11.8 Å². The van der Waals surface area contributed by atoms with Crippen molar-refractivity contribution in [2.24, 2.45) is 5.92 Å². The SMILES string of the molecule is N#Cc1ccc(N2CCC(C(=O)Nc3nccs3)CC2)nc1. The summed E-state index contributed by atoms with van der Waals surface area (Å²) < 4.78 is 0. The molecule has 6 nitrogen and oxygen atoms in total. The molecule has 0 radical (unpaired) electrons. The average molecular weight is 313 g/mol. The highest BCUT2D eigenvalue weighted by Crippen LogP contribution is 2.23. The zero-order valence-corrected chi connectivity index (χ0v) is 12.7. The van der Waals surface area contributed by atoms with Gasteiger partial charge in [-0.2, -0.15) is 5.26 Å². The fourth-order valence-corrected chi connectivity index (χ4v) is 3.03. The van der Waals surface area contributed by atoms with Gasteiger partial charge in [0, 0.05) is 36.8 Å². The number of piperidine rings is 1. The number of rotatable bonds is 3. The lowest BCUT2D eigenvalue weighted by atomic mass is 9.96. The molecule has 7 heteroatoms. The van der Waals surface area contributed by atoms with Crippen LogP contribution in [0.3, 0.4) is 0 Å². The quantitative estimate of drug-likeness (QED) is 0.940. The number of thiazole rings is 1. The Morgan fingerprint density at radius 3 is 2.77 bits per heavy atom. The maximum atomic E-state index is 12.2.